The van der Waals surface area contributed by atoms with Gasteiger partial charge in [0.2, 0.25) is 5.91 Å². The number of carbonyl (C=O) groups is 1. The van der Waals surface area contributed by atoms with Crippen LogP contribution in [-0.2, 0) is 16.8 Å². The summed E-state index contributed by atoms with van der Waals surface area (Å²) < 4.78 is 14.7. The summed E-state index contributed by atoms with van der Waals surface area (Å²) in [5.74, 6) is 0.0830. The monoisotopic (exact) mass is 391 g/mol. The van der Waals surface area contributed by atoms with Gasteiger partial charge in [-0.1, -0.05) is 57.2 Å². The second kappa shape index (κ2) is 7.47. The van der Waals surface area contributed by atoms with Crippen LogP contribution in [0, 0.1) is 11.7 Å². The minimum Gasteiger partial charge on any atom is -0.323 e. The molecule has 2 aromatic carbocycles. The molecule has 1 aliphatic rings. The van der Waals surface area contributed by atoms with Crippen LogP contribution in [0.5, 0.6) is 0 Å². The van der Waals surface area contributed by atoms with Crippen molar-refractivity contribution >= 4 is 11.6 Å². The van der Waals surface area contributed by atoms with Crippen molar-refractivity contribution in [1.29, 1.82) is 0 Å². The van der Waals surface area contributed by atoms with Gasteiger partial charge < -0.3 is 5.32 Å². The highest BCUT2D eigenvalue weighted by Gasteiger charge is 2.44. The molecule has 1 aromatic heterocycles. The molecule has 1 saturated carbocycles. The summed E-state index contributed by atoms with van der Waals surface area (Å²) in [4.78, 5) is 12.6. The van der Waals surface area contributed by atoms with Crippen LogP contribution in [0.2, 0.25) is 0 Å². The van der Waals surface area contributed by atoms with Crippen molar-refractivity contribution in [3.8, 4) is 0 Å². The van der Waals surface area contributed by atoms with Gasteiger partial charge in [0.15, 0.2) is 0 Å². The van der Waals surface area contributed by atoms with Crippen LogP contribution in [0.4, 0.5) is 10.1 Å². The molecule has 1 aliphatic carbocycles. The van der Waals surface area contributed by atoms with E-state index >= 15 is 0 Å². The first-order valence-electron chi connectivity index (χ1n) is 9.98. The molecule has 29 heavy (non-hydrogen) atoms. The van der Waals surface area contributed by atoms with Crippen molar-refractivity contribution in [1.82, 2.24) is 9.78 Å². The lowest BCUT2D eigenvalue weighted by Gasteiger charge is -2.19. The molecule has 3 aromatic rings. The summed E-state index contributed by atoms with van der Waals surface area (Å²) in [6.07, 6.45) is 4.33. The lowest BCUT2D eigenvalue weighted by atomic mass is 9.86. The van der Waals surface area contributed by atoms with Crippen LogP contribution in [0.25, 0.3) is 0 Å². The molecule has 2 atom stereocenters. The molecule has 1 fully saturated rings. The Morgan fingerprint density at radius 1 is 1.14 bits per heavy atom. The lowest BCUT2D eigenvalue weighted by molar-refractivity contribution is -0.117. The van der Waals surface area contributed by atoms with Crippen molar-refractivity contribution in [3.05, 3.63) is 83.4 Å². The van der Waals surface area contributed by atoms with E-state index in [4.69, 9.17) is 0 Å². The lowest BCUT2D eigenvalue weighted by Crippen LogP contribution is -2.14. The highest BCUT2D eigenvalue weighted by atomic mass is 19.1. The highest BCUT2D eigenvalue weighted by molar-refractivity contribution is 5.95. The first kappa shape index (κ1) is 19.4. The summed E-state index contributed by atoms with van der Waals surface area (Å²) in [5.41, 5.74) is 4.30. The van der Waals surface area contributed by atoms with Gasteiger partial charge in [-0.15, -0.1) is 0 Å². The third-order valence-electron chi connectivity index (χ3n) is 5.49. The largest absolute Gasteiger partial charge is 0.323 e. The van der Waals surface area contributed by atoms with Gasteiger partial charge in [-0.3, -0.25) is 9.48 Å². The zero-order chi connectivity index (χ0) is 20.6. The number of rotatable bonds is 5. The van der Waals surface area contributed by atoms with Crippen LogP contribution in [-0.4, -0.2) is 15.7 Å². The number of nitrogens with one attached hydrogen (secondary N) is 1. The van der Waals surface area contributed by atoms with E-state index in [0.29, 0.717) is 18.2 Å². The zero-order valence-corrected chi connectivity index (χ0v) is 17.0. The molecule has 0 spiro atoms. The maximum atomic E-state index is 13.0. The topological polar surface area (TPSA) is 46.9 Å². The van der Waals surface area contributed by atoms with Gasteiger partial charge in [-0.25, -0.2) is 4.39 Å². The number of carbonyl (C=O) groups excluding carboxylic acids is 1. The molecule has 0 radical (unpaired) electrons. The molecule has 1 N–H and O–H groups in total. The van der Waals surface area contributed by atoms with Gasteiger partial charge in [-0.05, 0) is 46.6 Å². The average Bonchev–Trinajstić information content (AvgIpc) is 3.38. The van der Waals surface area contributed by atoms with E-state index < -0.39 is 0 Å². The Kier molecular flexibility index (Phi) is 4.99. The highest BCUT2D eigenvalue weighted by Crippen LogP contribution is 2.48. The normalized spacial score (nSPS) is 18.5. The predicted octanol–water partition coefficient (Wildman–Crippen LogP) is 5.11. The number of aromatic nitrogens is 2. The molecule has 150 valence electrons. The smallest absolute Gasteiger partial charge is 0.228 e. The number of halogens is 1. The predicted molar refractivity (Wildman–Crippen MR) is 112 cm³/mol. The molecule has 0 saturated heterocycles. The van der Waals surface area contributed by atoms with Gasteiger partial charge >= 0.3 is 0 Å². The van der Waals surface area contributed by atoms with Crippen molar-refractivity contribution in [2.24, 2.45) is 5.92 Å². The minimum absolute atomic E-state index is 0.0101. The molecule has 4 rings (SSSR count). The maximum Gasteiger partial charge on any atom is 0.228 e. The van der Waals surface area contributed by atoms with Crippen LogP contribution in [0.15, 0.2) is 60.9 Å². The first-order chi connectivity index (χ1) is 13.8. The molecule has 0 unspecified atom stereocenters. The maximum absolute atomic E-state index is 13.0. The molecule has 0 aliphatic heterocycles. The molecule has 4 nitrogen and oxygen atoms in total. The molecular weight excluding hydrogens is 365 g/mol. The van der Waals surface area contributed by atoms with Gasteiger partial charge in [0, 0.05) is 12.1 Å². The van der Waals surface area contributed by atoms with Gasteiger partial charge in [0.05, 0.1) is 18.4 Å². The zero-order valence-electron chi connectivity index (χ0n) is 17.0. The second-order valence-electron chi connectivity index (χ2n) is 8.86. The second-order valence-corrected chi connectivity index (χ2v) is 8.86. The fourth-order valence-electron chi connectivity index (χ4n) is 3.61. The Morgan fingerprint density at radius 3 is 2.48 bits per heavy atom. The van der Waals surface area contributed by atoms with Crippen LogP contribution in [0.1, 0.15) is 49.8 Å². The Labute approximate surface area is 170 Å². The van der Waals surface area contributed by atoms with E-state index in [2.05, 4.69) is 55.5 Å². The number of anilines is 1. The molecule has 0 bridgehead atoms. The van der Waals surface area contributed by atoms with Crippen molar-refractivity contribution in [2.45, 2.75) is 45.1 Å². The fourth-order valence-corrected chi connectivity index (χ4v) is 3.61. The van der Waals surface area contributed by atoms with E-state index in [1.54, 1.807) is 29.2 Å². The van der Waals surface area contributed by atoms with Crippen LogP contribution in [0.3, 0.4) is 0 Å². The van der Waals surface area contributed by atoms with Crippen LogP contribution < -0.4 is 5.32 Å². The fraction of sp³-hybridized carbons (Fsp3) is 0.333. The Balaban J connectivity index is 1.34. The van der Waals surface area contributed by atoms with Crippen molar-refractivity contribution in [3.63, 3.8) is 0 Å². The van der Waals surface area contributed by atoms with E-state index in [1.165, 1.54) is 23.3 Å². The van der Waals surface area contributed by atoms with E-state index in [-0.39, 0.29) is 23.1 Å². The van der Waals surface area contributed by atoms with Gasteiger partial charge in [-0.2, -0.15) is 5.10 Å². The third-order valence-corrected chi connectivity index (χ3v) is 5.49. The summed E-state index contributed by atoms with van der Waals surface area (Å²) in [6, 6.07) is 15.0. The van der Waals surface area contributed by atoms with Crippen LogP contribution >= 0.6 is 0 Å². The third kappa shape index (κ3) is 4.56. The summed E-state index contributed by atoms with van der Waals surface area (Å²) in [5, 5.41) is 7.26. The Morgan fingerprint density at radius 2 is 1.83 bits per heavy atom. The number of amides is 1. The minimum atomic E-state index is -0.255. The van der Waals surface area contributed by atoms with E-state index in [1.807, 2.05) is 0 Å². The first-order valence-corrected chi connectivity index (χ1v) is 9.98. The molecule has 5 heteroatoms. The van der Waals surface area contributed by atoms with E-state index in [9.17, 15) is 9.18 Å². The average molecular weight is 391 g/mol. The number of nitrogens with zero attached hydrogens (tertiary/aromatic N) is 2. The quantitative estimate of drug-likeness (QED) is 0.657. The van der Waals surface area contributed by atoms with Crippen molar-refractivity contribution in [2.75, 3.05) is 5.32 Å². The summed E-state index contributed by atoms with van der Waals surface area (Å²) in [7, 11) is 0. The number of hydrogen-bond acceptors (Lipinski definition) is 2. The Bertz CT molecular complexity index is 1000. The molecular formula is C24H26FN3O. The van der Waals surface area contributed by atoms with Crippen molar-refractivity contribution < 1.29 is 9.18 Å². The van der Waals surface area contributed by atoms with Gasteiger partial charge in [0.25, 0.3) is 0 Å². The number of benzene rings is 2. The molecule has 1 amide bonds. The number of hydrogen-bond donors (Lipinski definition) is 1. The van der Waals surface area contributed by atoms with Gasteiger partial charge in [0.1, 0.15) is 5.82 Å². The molecule has 1 heterocycles. The SMILES string of the molecule is CC(C)(C)c1ccc([C@@H]2C[C@H]2C(=O)Nc2cnn(Cc3ccc(F)cc3)c2)cc1. The van der Waals surface area contributed by atoms with E-state index in [0.717, 1.165) is 12.0 Å². The summed E-state index contributed by atoms with van der Waals surface area (Å²) >= 11 is 0. The summed E-state index contributed by atoms with van der Waals surface area (Å²) in [6.45, 7) is 7.13. The Hall–Kier alpha value is -2.95. The standard InChI is InChI=1S/C24H26FN3O/c1-24(2,3)18-8-6-17(7-9-18)21-12-22(21)23(29)27-20-13-26-28(15-20)14-16-4-10-19(25)11-5-16/h4-11,13,15,21-22H,12,14H2,1-3H3,(H,27,29)/t21-,22+/m0/s1.